The van der Waals surface area contributed by atoms with Crippen molar-refractivity contribution in [1.29, 1.82) is 0 Å². The van der Waals surface area contributed by atoms with Crippen LogP contribution in [0.25, 0.3) is 28.1 Å². The Hall–Kier alpha value is -4.55. The zero-order chi connectivity index (χ0) is 27.3. The molecule has 0 bridgehead atoms. The first-order valence-electron chi connectivity index (χ1n) is 12.2. The molecule has 1 aliphatic carbocycles. The number of alkyl halides is 3. The molecule has 0 saturated heterocycles. The average Bonchev–Trinajstić information content (AvgIpc) is 3.59. The van der Waals surface area contributed by atoms with E-state index in [4.69, 9.17) is 14.5 Å². The van der Waals surface area contributed by atoms with Gasteiger partial charge in [-0.3, -0.25) is 0 Å². The van der Waals surface area contributed by atoms with Gasteiger partial charge >= 0.3 is 6.18 Å². The largest absolute Gasteiger partial charge is 0.494 e. The summed E-state index contributed by atoms with van der Waals surface area (Å²) < 4.78 is 53.5. The number of benzene rings is 1. The third-order valence-electron chi connectivity index (χ3n) is 6.58. The van der Waals surface area contributed by atoms with Gasteiger partial charge in [-0.1, -0.05) is 6.07 Å². The van der Waals surface area contributed by atoms with Gasteiger partial charge in [-0.2, -0.15) is 23.4 Å². The highest BCUT2D eigenvalue weighted by Gasteiger charge is 2.35. The van der Waals surface area contributed by atoms with Crippen LogP contribution in [-0.2, 0) is 12.7 Å². The molecule has 0 aliphatic heterocycles. The van der Waals surface area contributed by atoms with E-state index in [1.54, 1.807) is 49.3 Å². The van der Waals surface area contributed by atoms with Gasteiger partial charge in [0, 0.05) is 17.8 Å². The van der Waals surface area contributed by atoms with Gasteiger partial charge in [0.15, 0.2) is 17.2 Å². The lowest BCUT2D eigenvalue weighted by Crippen LogP contribution is -2.09. The van der Waals surface area contributed by atoms with Crippen LogP contribution in [0.3, 0.4) is 0 Å². The fourth-order valence-electron chi connectivity index (χ4n) is 4.54. The average molecular weight is 537 g/mol. The molecule has 4 heterocycles. The molecule has 1 aromatic carbocycles. The molecule has 0 unspecified atom stereocenters. The van der Waals surface area contributed by atoms with Crippen molar-refractivity contribution < 1.29 is 22.6 Å². The molecule has 10 nitrogen and oxygen atoms in total. The van der Waals surface area contributed by atoms with Crippen molar-refractivity contribution in [3.8, 4) is 28.7 Å². The Morgan fingerprint density at radius 1 is 1.03 bits per heavy atom. The SMILES string of the molecule is COc1cc(Cn2ncc3cnc(-c4c(OC)ncnc4C4CC4)nc32)ccc1-n1nc(C(F)(F)F)cc1C. The van der Waals surface area contributed by atoms with Gasteiger partial charge in [-0.25, -0.2) is 29.3 Å². The maximum atomic E-state index is 13.2. The fourth-order valence-corrected chi connectivity index (χ4v) is 4.54. The van der Waals surface area contributed by atoms with E-state index in [1.165, 1.54) is 18.1 Å². The third kappa shape index (κ3) is 4.53. The summed E-state index contributed by atoms with van der Waals surface area (Å²) in [4.78, 5) is 18.1. The lowest BCUT2D eigenvalue weighted by Gasteiger charge is -2.13. The van der Waals surface area contributed by atoms with E-state index >= 15 is 0 Å². The van der Waals surface area contributed by atoms with Gasteiger partial charge in [0.25, 0.3) is 0 Å². The van der Waals surface area contributed by atoms with Gasteiger partial charge < -0.3 is 9.47 Å². The molecule has 0 radical (unpaired) electrons. The molecule has 39 heavy (non-hydrogen) atoms. The van der Waals surface area contributed by atoms with Gasteiger partial charge in [-0.15, -0.1) is 0 Å². The van der Waals surface area contributed by atoms with Crippen LogP contribution in [0.15, 0.2) is 43.0 Å². The maximum Gasteiger partial charge on any atom is 0.435 e. The lowest BCUT2D eigenvalue weighted by atomic mass is 10.1. The minimum Gasteiger partial charge on any atom is -0.494 e. The Kier molecular flexibility index (Phi) is 5.92. The van der Waals surface area contributed by atoms with E-state index in [0.29, 0.717) is 52.5 Å². The third-order valence-corrected chi connectivity index (χ3v) is 6.58. The molecule has 5 aromatic rings. The molecule has 13 heteroatoms. The number of aromatic nitrogens is 8. The van der Waals surface area contributed by atoms with Crippen LogP contribution in [0, 0.1) is 6.92 Å². The highest BCUT2D eigenvalue weighted by molar-refractivity contribution is 5.77. The van der Waals surface area contributed by atoms with Crippen molar-refractivity contribution in [3.63, 3.8) is 0 Å². The molecule has 1 aliphatic rings. The topological polar surface area (TPSA) is 106 Å². The Bertz CT molecular complexity index is 1690. The molecule has 1 fully saturated rings. The molecular weight excluding hydrogens is 513 g/mol. The Morgan fingerprint density at radius 3 is 2.54 bits per heavy atom. The molecule has 200 valence electrons. The van der Waals surface area contributed by atoms with Gasteiger partial charge in [-0.05, 0) is 43.5 Å². The zero-order valence-electron chi connectivity index (χ0n) is 21.3. The van der Waals surface area contributed by atoms with Crippen LogP contribution in [0.5, 0.6) is 11.6 Å². The number of fused-ring (bicyclic) bond motifs is 1. The minimum atomic E-state index is -4.54. The summed E-state index contributed by atoms with van der Waals surface area (Å²) >= 11 is 0. The Morgan fingerprint density at radius 2 is 1.85 bits per heavy atom. The summed E-state index contributed by atoms with van der Waals surface area (Å²) in [5.41, 5.74) is 2.73. The van der Waals surface area contributed by atoms with Crippen LogP contribution in [0.1, 0.15) is 41.4 Å². The van der Waals surface area contributed by atoms with Crippen LogP contribution in [0.2, 0.25) is 0 Å². The number of hydrogen-bond donors (Lipinski definition) is 0. The summed E-state index contributed by atoms with van der Waals surface area (Å²) in [5.74, 6) is 1.57. The van der Waals surface area contributed by atoms with E-state index in [9.17, 15) is 13.2 Å². The quantitative estimate of drug-likeness (QED) is 0.294. The van der Waals surface area contributed by atoms with Crippen LogP contribution in [0.4, 0.5) is 13.2 Å². The summed E-state index contributed by atoms with van der Waals surface area (Å²) in [6.07, 6.45) is 2.41. The second kappa shape index (κ2) is 9.33. The number of methoxy groups -OCH3 is 2. The highest BCUT2D eigenvalue weighted by atomic mass is 19.4. The molecule has 0 N–H and O–H groups in total. The van der Waals surface area contributed by atoms with Crippen molar-refractivity contribution in [1.82, 2.24) is 39.5 Å². The van der Waals surface area contributed by atoms with Crippen LogP contribution < -0.4 is 9.47 Å². The first-order valence-corrected chi connectivity index (χ1v) is 12.2. The Labute approximate surface area is 220 Å². The second-order valence-corrected chi connectivity index (χ2v) is 9.28. The molecule has 4 aromatic heterocycles. The van der Waals surface area contributed by atoms with E-state index in [0.717, 1.165) is 35.6 Å². The van der Waals surface area contributed by atoms with E-state index in [-0.39, 0.29) is 0 Å². The summed E-state index contributed by atoms with van der Waals surface area (Å²) in [6.45, 7) is 1.89. The first-order chi connectivity index (χ1) is 18.8. The predicted molar refractivity (Wildman–Crippen MR) is 134 cm³/mol. The molecule has 0 spiro atoms. The highest BCUT2D eigenvalue weighted by Crippen LogP contribution is 2.45. The van der Waals surface area contributed by atoms with E-state index in [1.807, 2.05) is 0 Å². The standard InChI is InChI=1S/C26H23F3N8O2/c1-14-8-20(26(27,28)29)35-37(14)18-7-4-15(9-19(18)38-2)12-36-24-17(11-33-36)10-30-23(34-24)21-22(16-5-6-16)31-13-32-25(21)39-3/h4,7-11,13,16H,5-6,12H2,1-3H3. The molecule has 6 rings (SSSR count). The smallest absolute Gasteiger partial charge is 0.435 e. The second-order valence-electron chi connectivity index (χ2n) is 9.28. The van der Waals surface area contributed by atoms with Crippen LogP contribution in [-0.4, -0.2) is 53.7 Å². The Balaban J connectivity index is 1.36. The molecule has 0 atom stereocenters. The van der Waals surface area contributed by atoms with Crippen molar-refractivity contribution in [3.05, 3.63) is 65.6 Å². The van der Waals surface area contributed by atoms with Crippen molar-refractivity contribution >= 4 is 11.0 Å². The normalized spacial score (nSPS) is 13.7. The summed E-state index contributed by atoms with van der Waals surface area (Å²) in [6, 6.07) is 6.22. The number of nitrogens with zero attached hydrogens (tertiary/aromatic N) is 8. The van der Waals surface area contributed by atoms with Crippen molar-refractivity contribution in [2.45, 2.75) is 38.4 Å². The summed E-state index contributed by atoms with van der Waals surface area (Å²) in [7, 11) is 3.01. The predicted octanol–water partition coefficient (Wildman–Crippen LogP) is 4.74. The number of rotatable bonds is 7. The number of aryl methyl sites for hydroxylation is 1. The van der Waals surface area contributed by atoms with Crippen molar-refractivity contribution in [2.24, 2.45) is 0 Å². The number of halogens is 3. The fraction of sp³-hybridized carbons (Fsp3) is 0.308. The lowest BCUT2D eigenvalue weighted by molar-refractivity contribution is -0.141. The number of hydrogen-bond acceptors (Lipinski definition) is 8. The van der Waals surface area contributed by atoms with Gasteiger partial charge in [0.05, 0.1) is 38.0 Å². The van der Waals surface area contributed by atoms with Crippen molar-refractivity contribution in [2.75, 3.05) is 14.2 Å². The van der Waals surface area contributed by atoms with Gasteiger partial charge in [0.2, 0.25) is 5.88 Å². The van der Waals surface area contributed by atoms with E-state index < -0.39 is 11.9 Å². The first kappa shape index (κ1) is 24.8. The molecule has 0 amide bonds. The minimum absolute atomic E-state index is 0.331. The number of ether oxygens (including phenoxy) is 2. The molecule has 1 saturated carbocycles. The zero-order valence-corrected chi connectivity index (χ0v) is 21.3. The van der Waals surface area contributed by atoms with Crippen LogP contribution >= 0.6 is 0 Å². The maximum absolute atomic E-state index is 13.2. The summed E-state index contributed by atoms with van der Waals surface area (Å²) in [5, 5.41) is 8.97. The van der Waals surface area contributed by atoms with E-state index in [2.05, 4.69) is 25.1 Å². The van der Waals surface area contributed by atoms with Gasteiger partial charge in [0.1, 0.15) is 23.3 Å². The monoisotopic (exact) mass is 536 g/mol. The molecular formula is C26H23F3N8O2.